The summed E-state index contributed by atoms with van der Waals surface area (Å²) in [4.78, 5) is 11.3. The van der Waals surface area contributed by atoms with Crippen molar-refractivity contribution in [3.63, 3.8) is 0 Å². The molecule has 1 aliphatic rings. The van der Waals surface area contributed by atoms with E-state index in [1.54, 1.807) is 0 Å². The topological polar surface area (TPSA) is 63.3 Å². The Morgan fingerprint density at radius 2 is 2.18 bits per heavy atom. The van der Waals surface area contributed by atoms with Crippen molar-refractivity contribution in [1.82, 2.24) is 0 Å². The Hall–Kier alpha value is -1.10. The van der Waals surface area contributed by atoms with E-state index in [1.165, 1.54) is 12.1 Å². The van der Waals surface area contributed by atoms with Crippen molar-refractivity contribution in [3.05, 3.63) is 28.0 Å². The molecule has 2 rings (SSSR count). The number of nitrogens with two attached hydrogens (primary N) is 1. The van der Waals surface area contributed by atoms with Crippen LogP contribution < -0.4 is 5.73 Å². The quantitative estimate of drug-likeness (QED) is 0.843. The number of hydrogen-bond acceptors (Lipinski definition) is 2. The van der Waals surface area contributed by atoms with Crippen LogP contribution in [0.5, 0.6) is 0 Å². The van der Waals surface area contributed by atoms with E-state index in [4.69, 9.17) is 5.73 Å². The van der Waals surface area contributed by atoms with Crippen LogP contribution in [0.4, 0.5) is 10.1 Å². The van der Waals surface area contributed by atoms with Gasteiger partial charge >= 0.3 is 5.97 Å². The van der Waals surface area contributed by atoms with Gasteiger partial charge in [0.2, 0.25) is 0 Å². The van der Waals surface area contributed by atoms with Crippen molar-refractivity contribution in [1.29, 1.82) is 0 Å². The van der Waals surface area contributed by atoms with Crippen LogP contribution in [-0.2, 0) is 4.79 Å². The van der Waals surface area contributed by atoms with Gasteiger partial charge in [-0.15, -0.1) is 0 Å². The van der Waals surface area contributed by atoms with Crippen LogP contribution in [0.1, 0.15) is 30.7 Å². The molecular formula is C12H13BrFNO2. The third-order valence-corrected chi connectivity index (χ3v) is 4.00. The molecule has 0 bridgehead atoms. The number of anilines is 1. The second-order valence-electron chi connectivity index (χ2n) is 4.40. The Balaban J connectivity index is 2.45. The van der Waals surface area contributed by atoms with E-state index in [2.05, 4.69) is 15.9 Å². The summed E-state index contributed by atoms with van der Waals surface area (Å²) in [5.74, 6) is -2.02. The van der Waals surface area contributed by atoms with Crippen LogP contribution in [0.3, 0.4) is 0 Å². The Morgan fingerprint density at radius 1 is 1.53 bits per heavy atom. The molecule has 0 aromatic heterocycles. The van der Waals surface area contributed by atoms with Gasteiger partial charge in [0, 0.05) is 4.47 Å². The largest absolute Gasteiger partial charge is 0.481 e. The highest BCUT2D eigenvalue weighted by molar-refractivity contribution is 9.10. The van der Waals surface area contributed by atoms with Gasteiger partial charge < -0.3 is 10.8 Å². The molecule has 1 saturated carbocycles. The highest BCUT2D eigenvalue weighted by Crippen LogP contribution is 2.42. The first-order valence-corrected chi connectivity index (χ1v) is 6.27. The van der Waals surface area contributed by atoms with E-state index in [-0.39, 0.29) is 5.92 Å². The van der Waals surface area contributed by atoms with Crippen LogP contribution in [0.15, 0.2) is 16.6 Å². The fourth-order valence-electron chi connectivity index (χ4n) is 2.22. The summed E-state index contributed by atoms with van der Waals surface area (Å²) in [7, 11) is 0. The minimum Gasteiger partial charge on any atom is -0.481 e. The molecule has 1 aliphatic carbocycles. The lowest BCUT2D eigenvalue weighted by Crippen LogP contribution is -2.27. The second-order valence-corrected chi connectivity index (χ2v) is 5.25. The molecule has 3 nitrogen and oxygen atoms in total. The van der Waals surface area contributed by atoms with E-state index in [9.17, 15) is 14.3 Å². The van der Waals surface area contributed by atoms with Gasteiger partial charge in [0.15, 0.2) is 0 Å². The van der Waals surface area contributed by atoms with Gasteiger partial charge in [-0.2, -0.15) is 0 Å². The fourth-order valence-corrected chi connectivity index (χ4v) is 2.67. The predicted octanol–water partition coefficient (Wildman–Crippen LogP) is 3.14. The molecule has 0 spiro atoms. The molecule has 5 heteroatoms. The Labute approximate surface area is 107 Å². The lowest BCUT2D eigenvalue weighted by atomic mass is 9.72. The lowest BCUT2D eigenvalue weighted by Gasteiger charge is -2.32. The van der Waals surface area contributed by atoms with Crippen molar-refractivity contribution >= 4 is 27.6 Å². The number of nitrogen functional groups attached to an aromatic ring is 1. The normalized spacial score (nSPS) is 17.5. The average molecular weight is 302 g/mol. The minimum absolute atomic E-state index is 0.0727. The van der Waals surface area contributed by atoms with Gasteiger partial charge in [0.1, 0.15) is 5.82 Å². The number of carboxylic acid groups (broad SMARTS) is 1. The lowest BCUT2D eigenvalue weighted by molar-refractivity contribution is -0.141. The SMILES string of the molecule is Nc1c(Br)cc(F)cc1C(C(=O)O)C1CCC1. The number of halogens is 2. The summed E-state index contributed by atoms with van der Waals surface area (Å²) < 4.78 is 13.8. The van der Waals surface area contributed by atoms with E-state index in [0.717, 1.165) is 19.3 Å². The van der Waals surface area contributed by atoms with Gasteiger partial charge in [0.05, 0.1) is 11.6 Å². The van der Waals surface area contributed by atoms with Gasteiger partial charge in [-0.25, -0.2) is 4.39 Å². The Morgan fingerprint density at radius 3 is 2.65 bits per heavy atom. The number of benzene rings is 1. The molecule has 1 aromatic rings. The number of rotatable bonds is 3. The standard InChI is InChI=1S/C12H13BrFNO2/c13-9-5-7(14)4-8(11(9)15)10(12(16)17)6-2-1-3-6/h4-6,10H,1-3,15H2,(H,16,17). The van der Waals surface area contributed by atoms with Crippen molar-refractivity contribution in [2.45, 2.75) is 25.2 Å². The fraction of sp³-hybridized carbons (Fsp3) is 0.417. The number of hydrogen-bond donors (Lipinski definition) is 2. The molecule has 0 saturated heterocycles. The predicted molar refractivity (Wildman–Crippen MR) is 66.2 cm³/mol. The smallest absolute Gasteiger partial charge is 0.311 e. The molecule has 17 heavy (non-hydrogen) atoms. The maximum Gasteiger partial charge on any atom is 0.311 e. The highest BCUT2D eigenvalue weighted by Gasteiger charge is 2.35. The molecule has 0 amide bonds. The van der Waals surface area contributed by atoms with Crippen LogP contribution >= 0.6 is 15.9 Å². The first kappa shape index (κ1) is 12.4. The van der Waals surface area contributed by atoms with Crippen LogP contribution in [0.25, 0.3) is 0 Å². The summed E-state index contributed by atoms with van der Waals surface area (Å²) in [6, 6.07) is 2.48. The maximum atomic E-state index is 13.3. The maximum absolute atomic E-state index is 13.3. The Bertz CT molecular complexity index is 460. The molecule has 1 atom stereocenters. The van der Waals surface area contributed by atoms with Crippen LogP contribution in [-0.4, -0.2) is 11.1 Å². The van der Waals surface area contributed by atoms with Crippen molar-refractivity contribution in [3.8, 4) is 0 Å². The first-order valence-electron chi connectivity index (χ1n) is 5.48. The summed E-state index contributed by atoms with van der Waals surface area (Å²) in [5, 5.41) is 9.28. The number of aliphatic carboxylic acids is 1. The highest BCUT2D eigenvalue weighted by atomic mass is 79.9. The molecule has 92 valence electrons. The van der Waals surface area contributed by atoms with Gasteiger partial charge in [0.25, 0.3) is 0 Å². The monoisotopic (exact) mass is 301 g/mol. The zero-order chi connectivity index (χ0) is 12.6. The third-order valence-electron chi connectivity index (χ3n) is 3.35. The van der Waals surface area contributed by atoms with E-state index < -0.39 is 17.7 Å². The average Bonchev–Trinajstić information content (AvgIpc) is 2.16. The van der Waals surface area contributed by atoms with E-state index >= 15 is 0 Å². The zero-order valence-corrected chi connectivity index (χ0v) is 10.7. The van der Waals surface area contributed by atoms with E-state index in [0.29, 0.717) is 15.7 Å². The summed E-state index contributed by atoms with van der Waals surface area (Å²) in [6.07, 6.45) is 2.76. The molecule has 1 unspecified atom stereocenters. The number of carbonyl (C=O) groups is 1. The molecule has 0 radical (unpaired) electrons. The van der Waals surface area contributed by atoms with Gasteiger partial charge in [-0.05, 0) is 52.4 Å². The van der Waals surface area contributed by atoms with Gasteiger partial charge in [-0.1, -0.05) is 6.42 Å². The van der Waals surface area contributed by atoms with Gasteiger partial charge in [-0.3, -0.25) is 4.79 Å². The second kappa shape index (κ2) is 4.64. The number of carboxylic acids is 1. The molecule has 0 heterocycles. The van der Waals surface area contributed by atoms with E-state index in [1.807, 2.05) is 0 Å². The minimum atomic E-state index is -0.932. The zero-order valence-electron chi connectivity index (χ0n) is 9.12. The summed E-state index contributed by atoms with van der Waals surface area (Å²) >= 11 is 3.15. The third kappa shape index (κ3) is 2.29. The Kier molecular flexibility index (Phi) is 3.38. The molecule has 3 N–H and O–H groups in total. The van der Waals surface area contributed by atoms with Crippen LogP contribution in [0, 0.1) is 11.7 Å². The van der Waals surface area contributed by atoms with Crippen molar-refractivity contribution in [2.75, 3.05) is 5.73 Å². The van der Waals surface area contributed by atoms with Crippen LogP contribution in [0.2, 0.25) is 0 Å². The first-order chi connectivity index (χ1) is 8.00. The van der Waals surface area contributed by atoms with Crippen molar-refractivity contribution in [2.24, 2.45) is 5.92 Å². The molecule has 1 fully saturated rings. The van der Waals surface area contributed by atoms with Crippen molar-refractivity contribution < 1.29 is 14.3 Å². The molecule has 0 aliphatic heterocycles. The summed E-state index contributed by atoms with van der Waals surface area (Å²) in [5.41, 5.74) is 6.54. The molecule has 1 aromatic carbocycles. The molecular weight excluding hydrogens is 289 g/mol. The summed E-state index contributed by atoms with van der Waals surface area (Å²) in [6.45, 7) is 0.